The van der Waals surface area contributed by atoms with Gasteiger partial charge in [-0.15, -0.1) is 0 Å². The lowest BCUT2D eigenvalue weighted by Crippen LogP contribution is -2.30. The number of benzene rings is 1. The maximum absolute atomic E-state index is 12.8. The molecular formula is C16H16ClN3O3. The van der Waals surface area contributed by atoms with Gasteiger partial charge in [-0.05, 0) is 12.5 Å². The standard InChI is InChI=1S/C16H16ClN3O3/c1-19-9-12(14(18-19)11-4-2-3-5-13(11)17)15(21)20-7-6-10(8-20)16(22)23/h2-5,9-10H,6-8H2,1H3,(H,22,23). The van der Waals surface area contributed by atoms with Crippen LogP contribution in [-0.2, 0) is 11.8 Å². The molecule has 1 fully saturated rings. The van der Waals surface area contributed by atoms with Crippen molar-refractivity contribution in [2.24, 2.45) is 13.0 Å². The first kappa shape index (κ1) is 15.6. The summed E-state index contributed by atoms with van der Waals surface area (Å²) in [7, 11) is 1.74. The van der Waals surface area contributed by atoms with Gasteiger partial charge in [-0.3, -0.25) is 14.3 Å². The number of rotatable bonds is 3. The molecule has 0 saturated carbocycles. The maximum Gasteiger partial charge on any atom is 0.308 e. The van der Waals surface area contributed by atoms with E-state index in [0.29, 0.717) is 34.8 Å². The highest BCUT2D eigenvalue weighted by molar-refractivity contribution is 6.33. The first-order chi connectivity index (χ1) is 11.0. The summed E-state index contributed by atoms with van der Waals surface area (Å²) in [5.41, 5.74) is 1.64. The second kappa shape index (κ2) is 6.04. The largest absolute Gasteiger partial charge is 0.481 e. The Morgan fingerprint density at radius 2 is 2.09 bits per heavy atom. The third-order valence-corrected chi connectivity index (χ3v) is 4.34. The highest BCUT2D eigenvalue weighted by atomic mass is 35.5. The topological polar surface area (TPSA) is 75.4 Å². The predicted molar refractivity (Wildman–Crippen MR) is 85.3 cm³/mol. The molecule has 1 amide bonds. The van der Waals surface area contributed by atoms with Gasteiger partial charge in [-0.2, -0.15) is 5.10 Å². The number of carboxylic acid groups (broad SMARTS) is 1. The fourth-order valence-corrected chi connectivity index (χ4v) is 3.04. The zero-order valence-corrected chi connectivity index (χ0v) is 13.3. The minimum atomic E-state index is -0.863. The molecule has 1 aromatic heterocycles. The Labute approximate surface area is 138 Å². The summed E-state index contributed by atoms with van der Waals surface area (Å²) in [5.74, 6) is -1.58. The number of hydrogen-bond acceptors (Lipinski definition) is 3. The van der Waals surface area contributed by atoms with Crippen LogP contribution in [0, 0.1) is 5.92 Å². The lowest BCUT2D eigenvalue weighted by molar-refractivity contribution is -0.141. The van der Waals surface area contributed by atoms with Gasteiger partial charge >= 0.3 is 5.97 Å². The number of halogens is 1. The number of carboxylic acids is 1. The quantitative estimate of drug-likeness (QED) is 0.935. The van der Waals surface area contributed by atoms with Crippen LogP contribution < -0.4 is 0 Å². The number of carbonyl (C=O) groups is 2. The van der Waals surface area contributed by atoms with Gasteiger partial charge < -0.3 is 10.0 Å². The molecule has 6 nitrogen and oxygen atoms in total. The smallest absolute Gasteiger partial charge is 0.308 e. The highest BCUT2D eigenvalue weighted by Crippen LogP contribution is 2.30. The second-order valence-electron chi connectivity index (χ2n) is 5.62. The molecule has 0 spiro atoms. The van der Waals surface area contributed by atoms with Gasteiger partial charge in [0.05, 0.1) is 16.5 Å². The lowest BCUT2D eigenvalue weighted by atomic mass is 10.1. The normalized spacial score (nSPS) is 17.5. The molecule has 0 aliphatic carbocycles. The summed E-state index contributed by atoms with van der Waals surface area (Å²) in [6.45, 7) is 0.664. The number of nitrogens with zero attached hydrogens (tertiary/aromatic N) is 3. The summed E-state index contributed by atoms with van der Waals surface area (Å²) < 4.78 is 1.57. The van der Waals surface area contributed by atoms with Crippen molar-refractivity contribution in [3.8, 4) is 11.3 Å². The molecule has 1 atom stereocenters. The Bertz CT molecular complexity index is 772. The molecule has 2 heterocycles. The Morgan fingerprint density at radius 1 is 1.35 bits per heavy atom. The molecule has 120 valence electrons. The number of carbonyl (C=O) groups excluding carboxylic acids is 1. The average molecular weight is 334 g/mol. The molecule has 1 aromatic carbocycles. The Kier molecular flexibility index (Phi) is 4.09. The van der Waals surface area contributed by atoms with Crippen LogP contribution in [0.2, 0.25) is 5.02 Å². The third-order valence-electron chi connectivity index (χ3n) is 4.01. The molecule has 1 saturated heterocycles. The molecule has 1 aliphatic heterocycles. The van der Waals surface area contributed by atoms with Gasteiger partial charge in [0.25, 0.3) is 5.91 Å². The van der Waals surface area contributed by atoms with Crippen molar-refractivity contribution < 1.29 is 14.7 Å². The van der Waals surface area contributed by atoms with E-state index in [1.165, 1.54) is 0 Å². The van der Waals surface area contributed by atoms with E-state index in [1.54, 1.807) is 28.9 Å². The Morgan fingerprint density at radius 3 is 2.74 bits per heavy atom. The van der Waals surface area contributed by atoms with Crippen LogP contribution in [-0.4, -0.2) is 44.8 Å². The molecule has 0 radical (unpaired) electrons. The van der Waals surface area contributed by atoms with Crippen molar-refractivity contribution in [3.63, 3.8) is 0 Å². The SMILES string of the molecule is Cn1cc(C(=O)N2CCC(C(=O)O)C2)c(-c2ccccc2Cl)n1. The van der Waals surface area contributed by atoms with E-state index in [0.717, 1.165) is 0 Å². The molecule has 2 aromatic rings. The average Bonchev–Trinajstić information content (AvgIpc) is 3.14. The van der Waals surface area contributed by atoms with Crippen molar-refractivity contribution in [1.29, 1.82) is 0 Å². The van der Waals surface area contributed by atoms with E-state index in [1.807, 2.05) is 18.2 Å². The van der Waals surface area contributed by atoms with Crippen molar-refractivity contribution in [2.75, 3.05) is 13.1 Å². The van der Waals surface area contributed by atoms with Gasteiger partial charge in [0, 0.05) is 31.9 Å². The van der Waals surface area contributed by atoms with Crippen LogP contribution in [0.5, 0.6) is 0 Å². The summed E-state index contributed by atoms with van der Waals surface area (Å²) in [4.78, 5) is 25.4. The highest BCUT2D eigenvalue weighted by Gasteiger charge is 2.33. The van der Waals surface area contributed by atoms with E-state index in [2.05, 4.69) is 5.10 Å². The minimum absolute atomic E-state index is 0.211. The molecule has 0 bridgehead atoms. The maximum atomic E-state index is 12.8. The van der Waals surface area contributed by atoms with Crippen LogP contribution in [0.4, 0.5) is 0 Å². The second-order valence-corrected chi connectivity index (χ2v) is 6.03. The van der Waals surface area contributed by atoms with Gasteiger partial charge in [0.15, 0.2) is 0 Å². The fourth-order valence-electron chi connectivity index (χ4n) is 2.81. The van der Waals surface area contributed by atoms with Crippen molar-refractivity contribution in [3.05, 3.63) is 41.0 Å². The van der Waals surface area contributed by atoms with Crippen LogP contribution in [0.15, 0.2) is 30.5 Å². The van der Waals surface area contributed by atoms with Gasteiger partial charge in [-0.1, -0.05) is 29.8 Å². The summed E-state index contributed by atoms with van der Waals surface area (Å²) in [5, 5.41) is 14.0. The van der Waals surface area contributed by atoms with E-state index in [-0.39, 0.29) is 12.5 Å². The summed E-state index contributed by atoms with van der Waals surface area (Å²) in [6, 6.07) is 7.20. The Hall–Kier alpha value is -2.34. The van der Waals surface area contributed by atoms with Crippen LogP contribution >= 0.6 is 11.6 Å². The minimum Gasteiger partial charge on any atom is -0.481 e. The summed E-state index contributed by atoms with van der Waals surface area (Å²) >= 11 is 6.22. The number of aromatic nitrogens is 2. The van der Waals surface area contributed by atoms with Crippen molar-refractivity contribution in [2.45, 2.75) is 6.42 Å². The van der Waals surface area contributed by atoms with Gasteiger partial charge in [-0.25, -0.2) is 0 Å². The van der Waals surface area contributed by atoms with Crippen LogP contribution in [0.1, 0.15) is 16.8 Å². The first-order valence-corrected chi connectivity index (χ1v) is 7.66. The van der Waals surface area contributed by atoms with E-state index in [4.69, 9.17) is 16.7 Å². The molecule has 23 heavy (non-hydrogen) atoms. The van der Waals surface area contributed by atoms with E-state index < -0.39 is 11.9 Å². The molecular weight excluding hydrogens is 318 g/mol. The molecule has 7 heteroatoms. The molecule has 1 aliphatic rings. The molecule has 1 unspecified atom stereocenters. The van der Waals surface area contributed by atoms with E-state index >= 15 is 0 Å². The number of amides is 1. The number of aryl methyl sites for hydroxylation is 1. The van der Waals surface area contributed by atoms with Crippen molar-refractivity contribution in [1.82, 2.24) is 14.7 Å². The zero-order chi connectivity index (χ0) is 16.6. The Balaban J connectivity index is 1.94. The van der Waals surface area contributed by atoms with Crippen LogP contribution in [0.25, 0.3) is 11.3 Å². The van der Waals surface area contributed by atoms with Crippen LogP contribution in [0.3, 0.4) is 0 Å². The van der Waals surface area contributed by atoms with Gasteiger partial charge in [0.1, 0.15) is 5.69 Å². The van der Waals surface area contributed by atoms with Crippen molar-refractivity contribution >= 4 is 23.5 Å². The number of likely N-dealkylation sites (tertiary alicyclic amines) is 1. The molecule has 3 rings (SSSR count). The zero-order valence-electron chi connectivity index (χ0n) is 12.6. The lowest BCUT2D eigenvalue weighted by Gasteiger charge is -2.15. The van der Waals surface area contributed by atoms with Gasteiger partial charge in [0.2, 0.25) is 0 Å². The monoisotopic (exact) mass is 333 g/mol. The van der Waals surface area contributed by atoms with E-state index in [9.17, 15) is 9.59 Å². The number of hydrogen-bond donors (Lipinski definition) is 1. The molecule has 1 N–H and O–H groups in total. The number of aliphatic carboxylic acids is 1. The summed E-state index contributed by atoms with van der Waals surface area (Å²) in [6.07, 6.45) is 2.12. The first-order valence-electron chi connectivity index (χ1n) is 7.28. The third kappa shape index (κ3) is 2.94. The predicted octanol–water partition coefficient (Wildman–Crippen LogP) is 2.29. The fraction of sp³-hybridized carbons (Fsp3) is 0.312.